The van der Waals surface area contributed by atoms with Crippen molar-refractivity contribution < 1.29 is 9.59 Å². The lowest BCUT2D eigenvalue weighted by molar-refractivity contribution is -0.116. The zero-order valence-electron chi connectivity index (χ0n) is 17.7. The van der Waals surface area contributed by atoms with Gasteiger partial charge in [-0.1, -0.05) is 18.2 Å². The van der Waals surface area contributed by atoms with Gasteiger partial charge < -0.3 is 5.32 Å². The Kier molecular flexibility index (Phi) is 6.17. The predicted molar refractivity (Wildman–Crippen MR) is 121 cm³/mol. The molecule has 0 fully saturated rings. The molecule has 1 aromatic carbocycles. The van der Waals surface area contributed by atoms with Gasteiger partial charge >= 0.3 is 0 Å². The molecule has 2 aromatic heterocycles. The number of benzene rings is 1. The Morgan fingerprint density at radius 3 is 2.53 bits per heavy atom. The van der Waals surface area contributed by atoms with Crippen molar-refractivity contribution in [1.29, 1.82) is 0 Å². The van der Waals surface area contributed by atoms with Gasteiger partial charge in [0.2, 0.25) is 11.8 Å². The minimum Gasteiger partial charge on any atom is -0.307 e. The van der Waals surface area contributed by atoms with Gasteiger partial charge in [-0.15, -0.1) is 11.3 Å². The predicted octanol–water partition coefficient (Wildman–Crippen LogP) is 4.74. The van der Waals surface area contributed by atoms with Gasteiger partial charge in [-0.25, -0.2) is 9.67 Å². The zero-order chi connectivity index (χ0) is 21.9. The van der Waals surface area contributed by atoms with Gasteiger partial charge in [0.25, 0.3) is 0 Å². The van der Waals surface area contributed by atoms with Crippen molar-refractivity contribution in [1.82, 2.24) is 14.8 Å². The second kappa shape index (κ2) is 8.62. The number of carbonyl (C=O) groups excluding carboxylic acids is 2. The van der Waals surface area contributed by atoms with E-state index in [0.29, 0.717) is 16.6 Å². The number of amides is 2. The molecule has 0 aliphatic heterocycles. The number of nitrogens with zero attached hydrogens (tertiary/aromatic N) is 4. The summed E-state index contributed by atoms with van der Waals surface area (Å²) in [6, 6.07) is 11.2. The molecule has 0 aliphatic carbocycles. The van der Waals surface area contributed by atoms with E-state index in [0.717, 1.165) is 11.4 Å². The molecule has 0 saturated heterocycles. The molecule has 1 N–H and O–H groups in total. The molecular formula is C22H25N5O2S. The number of carbonyl (C=O) groups is 2. The summed E-state index contributed by atoms with van der Waals surface area (Å²) in [5.41, 5.74) is 1.93. The highest BCUT2D eigenvalue weighted by molar-refractivity contribution is 7.14. The number of rotatable bonds is 5. The maximum Gasteiger partial charge on any atom is 0.249 e. The Morgan fingerprint density at radius 2 is 1.90 bits per heavy atom. The number of thiazole rings is 1. The van der Waals surface area contributed by atoms with Crippen LogP contribution in [0.5, 0.6) is 0 Å². The lowest BCUT2D eigenvalue weighted by Crippen LogP contribution is -2.26. The first-order chi connectivity index (χ1) is 14.1. The molecule has 3 aromatic rings. The summed E-state index contributed by atoms with van der Waals surface area (Å²) in [6.07, 6.45) is 3.05. The van der Waals surface area contributed by atoms with Crippen molar-refractivity contribution in [3.05, 3.63) is 59.2 Å². The number of hydrogen-bond donors (Lipinski definition) is 1. The fourth-order valence-electron chi connectivity index (χ4n) is 2.89. The molecule has 2 amide bonds. The van der Waals surface area contributed by atoms with Gasteiger partial charge in [0, 0.05) is 24.4 Å². The molecule has 0 saturated carbocycles. The van der Waals surface area contributed by atoms with E-state index in [9.17, 15) is 9.59 Å². The Labute approximate surface area is 180 Å². The van der Waals surface area contributed by atoms with Crippen molar-refractivity contribution in [3.63, 3.8) is 0 Å². The Bertz CT molecular complexity index is 1080. The number of aryl methyl sites for hydroxylation is 1. The Balaban J connectivity index is 1.74. The van der Waals surface area contributed by atoms with Gasteiger partial charge in [0.05, 0.1) is 22.6 Å². The maximum atomic E-state index is 12.4. The fourth-order valence-corrected chi connectivity index (χ4v) is 3.74. The first kappa shape index (κ1) is 21.4. The molecule has 0 bridgehead atoms. The van der Waals surface area contributed by atoms with E-state index in [4.69, 9.17) is 0 Å². The van der Waals surface area contributed by atoms with Crippen LogP contribution in [0.1, 0.15) is 39.1 Å². The minimum atomic E-state index is -0.276. The molecule has 0 spiro atoms. The normalized spacial score (nSPS) is 11.6. The highest BCUT2D eigenvalue weighted by atomic mass is 32.1. The van der Waals surface area contributed by atoms with Crippen LogP contribution in [0.3, 0.4) is 0 Å². The van der Waals surface area contributed by atoms with Crippen molar-refractivity contribution in [2.75, 3.05) is 10.2 Å². The van der Waals surface area contributed by atoms with Crippen molar-refractivity contribution in [3.8, 4) is 0 Å². The van der Waals surface area contributed by atoms with Gasteiger partial charge in [-0.05, 0) is 45.9 Å². The first-order valence-electron chi connectivity index (χ1n) is 9.52. The SMILES string of the molecule is CC(=O)N(c1ccccc1)c1nc(/C=C/C(=O)Nc2cc(C)nn2C(C)(C)C)cs1. The van der Waals surface area contributed by atoms with Crippen LogP contribution in [0.15, 0.2) is 47.9 Å². The van der Waals surface area contributed by atoms with Crippen LogP contribution in [0.2, 0.25) is 0 Å². The van der Waals surface area contributed by atoms with E-state index < -0.39 is 0 Å². The first-order valence-corrected chi connectivity index (χ1v) is 10.4. The monoisotopic (exact) mass is 423 g/mol. The molecule has 3 rings (SSSR count). The van der Waals surface area contributed by atoms with E-state index >= 15 is 0 Å². The van der Waals surface area contributed by atoms with Crippen LogP contribution in [0.4, 0.5) is 16.6 Å². The quantitative estimate of drug-likeness (QED) is 0.601. The second-order valence-electron chi connectivity index (χ2n) is 7.82. The van der Waals surface area contributed by atoms with E-state index in [2.05, 4.69) is 15.4 Å². The third-order valence-corrected chi connectivity index (χ3v) is 5.00. The van der Waals surface area contributed by atoms with Crippen LogP contribution in [-0.2, 0) is 15.1 Å². The zero-order valence-corrected chi connectivity index (χ0v) is 18.5. The molecule has 0 aliphatic rings. The maximum absolute atomic E-state index is 12.4. The van der Waals surface area contributed by atoms with Crippen LogP contribution >= 0.6 is 11.3 Å². The van der Waals surface area contributed by atoms with Gasteiger partial charge in [-0.3, -0.25) is 14.5 Å². The molecule has 8 heteroatoms. The van der Waals surface area contributed by atoms with Crippen LogP contribution < -0.4 is 10.2 Å². The number of nitrogens with one attached hydrogen (secondary N) is 1. The average molecular weight is 424 g/mol. The van der Waals surface area contributed by atoms with Crippen LogP contribution in [0.25, 0.3) is 6.08 Å². The highest BCUT2D eigenvalue weighted by Crippen LogP contribution is 2.29. The van der Waals surface area contributed by atoms with E-state index in [1.807, 2.05) is 69.5 Å². The van der Waals surface area contributed by atoms with Crippen molar-refractivity contribution >= 4 is 45.9 Å². The number of para-hydroxylation sites is 1. The summed E-state index contributed by atoms with van der Waals surface area (Å²) in [6.45, 7) is 9.45. The van der Waals surface area contributed by atoms with Crippen molar-refractivity contribution in [2.24, 2.45) is 0 Å². The number of hydrogen-bond acceptors (Lipinski definition) is 5. The van der Waals surface area contributed by atoms with Gasteiger partial charge in [0.15, 0.2) is 5.13 Å². The standard InChI is InChI=1S/C22H25N5O2S/c1-15-13-19(27(25-15)22(3,4)5)24-20(29)12-11-17-14-30-21(23-17)26(16(2)28)18-9-7-6-8-10-18/h6-14H,1-5H3,(H,24,29)/b12-11+. The minimum absolute atomic E-state index is 0.130. The molecule has 0 radical (unpaired) electrons. The Hall–Kier alpha value is -3.26. The second-order valence-corrected chi connectivity index (χ2v) is 8.66. The van der Waals surface area contributed by atoms with Gasteiger partial charge in [0.1, 0.15) is 5.82 Å². The smallest absolute Gasteiger partial charge is 0.249 e. The largest absolute Gasteiger partial charge is 0.307 e. The van der Waals surface area contributed by atoms with E-state index in [-0.39, 0.29) is 17.4 Å². The summed E-state index contributed by atoms with van der Waals surface area (Å²) in [7, 11) is 0. The molecule has 2 heterocycles. The van der Waals surface area contributed by atoms with E-state index in [1.165, 1.54) is 24.3 Å². The van der Waals surface area contributed by atoms with Crippen LogP contribution in [0, 0.1) is 6.92 Å². The average Bonchev–Trinajstić information content (AvgIpc) is 3.27. The summed E-state index contributed by atoms with van der Waals surface area (Å²) in [5, 5.41) is 9.68. The summed E-state index contributed by atoms with van der Waals surface area (Å²) in [5.74, 6) is 0.233. The Morgan fingerprint density at radius 1 is 1.20 bits per heavy atom. The number of anilines is 3. The molecule has 0 unspecified atom stereocenters. The third-order valence-electron chi connectivity index (χ3n) is 4.15. The molecule has 7 nitrogen and oxygen atoms in total. The lowest BCUT2D eigenvalue weighted by Gasteiger charge is -2.22. The molecule has 156 valence electrons. The highest BCUT2D eigenvalue weighted by Gasteiger charge is 2.20. The summed E-state index contributed by atoms with van der Waals surface area (Å²) in [4.78, 5) is 30.6. The molecule has 0 atom stereocenters. The van der Waals surface area contributed by atoms with Crippen LogP contribution in [-0.4, -0.2) is 26.6 Å². The molecular weight excluding hydrogens is 398 g/mol. The lowest BCUT2D eigenvalue weighted by atomic mass is 10.1. The van der Waals surface area contributed by atoms with E-state index in [1.54, 1.807) is 15.7 Å². The summed E-state index contributed by atoms with van der Waals surface area (Å²) < 4.78 is 1.79. The summed E-state index contributed by atoms with van der Waals surface area (Å²) >= 11 is 1.34. The third kappa shape index (κ3) is 5.01. The number of aromatic nitrogens is 3. The molecule has 30 heavy (non-hydrogen) atoms. The topological polar surface area (TPSA) is 80.1 Å². The van der Waals surface area contributed by atoms with Crippen molar-refractivity contribution in [2.45, 2.75) is 40.2 Å². The van der Waals surface area contributed by atoms with Gasteiger partial charge in [-0.2, -0.15) is 5.10 Å². The fraction of sp³-hybridized carbons (Fsp3) is 0.273.